The summed E-state index contributed by atoms with van der Waals surface area (Å²) in [6.45, 7) is 9.95. The predicted molar refractivity (Wildman–Crippen MR) is 69.4 cm³/mol. The number of aryl methyl sites for hydroxylation is 1. The summed E-state index contributed by atoms with van der Waals surface area (Å²) in [5.41, 5.74) is 0.895. The van der Waals surface area contributed by atoms with E-state index >= 15 is 0 Å². The van der Waals surface area contributed by atoms with Crippen LogP contribution in [0.15, 0.2) is 18.2 Å². The van der Waals surface area contributed by atoms with Gasteiger partial charge in [-0.15, -0.1) is 0 Å². The number of halogens is 1. The minimum atomic E-state index is -0.257. The number of nitrogens with one attached hydrogen (secondary N) is 1. The Bertz CT molecular complexity index is 350. The van der Waals surface area contributed by atoms with E-state index in [1.165, 1.54) is 0 Å². The average molecular weight is 242 g/mol. The van der Waals surface area contributed by atoms with Crippen molar-refractivity contribution in [3.8, 4) is 5.75 Å². The summed E-state index contributed by atoms with van der Waals surface area (Å²) in [7, 11) is 0. The topological polar surface area (TPSA) is 21.3 Å². The molecule has 0 aliphatic carbocycles. The first-order chi connectivity index (χ1) is 7.44. The van der Waals surface area contributed by atoms with E-state index in [-0.39, 0.29) is 5.60 Å². The van der Waals surface area contributed by atoms with Crippen molar-refractivity contribution in [2.24, 2.45) is 0 Å². The van der Waals surface area contributed by atoms with E-state index in [1.54, 1.807) is 0 Å². The van der Waals surface area contributed by atoms with Crippen LogP contribution in [0.5, 0.6) is 5.75 Å². The van der Waals surface area contributed by atoms with Gasteiger partial charge in [-0.2, -0.15) is 0 Å². The summed E-state index contributed by atoms with van der Waals surface area (Å²) in [5.74, 6) is 0.754. The maximum Gasteiger partial charge on any atom is 0.139 e. The zero-order valence-electron chi connectivity index (χ0n) is 10.4. The normalized spacial score (nSPS) is 11.6. The Hall–Kier alpha value is -0.730. The molecule has 0 heterocycles. The first kappa shape index (κ1) is 13.3. The SMILES string of the molecule is CCNCC(C)(C)Oc1cc(C)ccc1Cl. The van der Waals surface area contributed by atoms with E-state index in [9.17, 15) is 0 Å². The third-order valence-electron chi connectivity index (χ3n) is 2.27. The lowest BCUT2D eigenvalue weighted by Crippen LogP contribution is -2.40. The van der Waals surface area contributed by atoms with Crippen LogP contribution in [0.4, 0.5) is 0 Å². The van der Waals surface area contributed by atoms with Crippen molar-refractivity contribution < 1.29 is 4.74 Å². The van der Waals surface area contributed by atoms with Crippen LogP contribution < -0.4 is 10.1 Å². The van der Waals surface area contributed by atoms with Gasteiger partial charge in [0.15, 0.2) is 0 Å². The summed E-state index contributed by atoms with van der Waals surface area (Å²) < 4.78 is 5.92. The molecule has 0 unspecified atom stereocenters. The number of rotatable bonds is 5. The molecule has 0 saturated carbocycles. The quantitative estimate of drug-likeness (QED) is 0.853. The Morgan fingerprint density at radius 2 is 2.06 bits per heavy atom. The van der Waals surface area contributed by atoms with Gasteiger partial charge in [0.05, 0.1) is 5.02 Å². The Morgan fingerprint density at radius 1 is 1.38 bits per heavy atom. The third kappa shape index (κ3) is 4.03. The molecule has 1 aromatic rings. The fourth-order valence-corrected chi connectivity index (χ4v) is 1.60. The van der Waals surface area contributed by atoms with Crippen LogP contribution in [0.3, 0.4) is 0 Å². The number of hydrogen-bond acceptors (Lipinski definition) is 2. The molecule has 1 aromatic carbocycles. The molecule has 2 nitrogen and oxygen atoms in total. The van der Waals surface area contributed by atoms with Gasteiger partial charge in [-0.3, -0.25) is 0 Å². The van der Waals surface area contributed by atoms with E-state index in [1.807, 2.05) is 39.0 Å². The lowest BCUT2D eigenvalue weighted by Gasteiger charge is -2.27. The second kappa shape index (κ2) is 5.55. The standard InChI is InChI=1S/C13H20ClNO/c1-5-15-9-13(3,4)16-12-8-10(2)6-7-11(12)14/h6-8,15H,5,9H2,1-4H3. The van der Waals surface area contributed by atoms with Crippen LogP contribution in [0.25, 0.3) is 0 Å². The Balaban J connectivity index is 2.74. The first-order valence-electron chi connectivity index (χ1n) is 5.60. The fourth-order valence-electron chi connectivity index (χ4n) is 1.45. The van der Waals surface area contributed by atoms with Gasteiger partial charge in [-0.05, 0) is 45.0 Å². The van der Waals surface area contributed by atoms with Gasteiger partial charge in [0.1, 0.15) is 11.4 Å². The number of hydrogen-bond donors (Lipinski definition) is 1. The second-order valence-corrected chi connectivity index (χ2v) is 4.98. The Kier molecular flexibility index (Phi) is 4.63. The minimum Gasteiger partial charge on any atom is -0.485 e. The highest BCUT2D eigenvalue weighted by atomic mass is 35.5. The van der Waals surface area contributed by atoms with Crippen LogP contribution in [0.1, 0.15) is 26.3 Å². The molecule has 0 saturated heterocycles. The average Bonchev–Trinajstić information content (AvgIpc) is 2.20. The van der Waals surface area contributed by atoms with E-state index in [4.69, 9.17) is 16.3 Å². The maximum atomic E-state index is 6.09. The molecule has 0 amide bonds. The number of benzene rings is 1. The zero-order chi connectivity index (χ0) is 12.2. The van der Waals surface area contributed by atoms with E-state index < -0.39 is 0 Å². The molecule has 0 fully saturated rings. The predicted octanol–water partition coefficient (Wildman–Crippen LogP) is 3.42. The molecule has 0 spiro atoms. The molecule has 16 heavy (non-hydrogen) atoms. The van der Waals surface area contributed by atoms with E-state index in [0.717, 1.165) is 24.4 Å². The van der Waals surface area contributed by atoms with Gasteiger partial charge < -0.3 is 10.1 Å². The number of ether oxygens (including phenoxy) is 1. The largest absolute Gasteiger partial charge is 0.485 e. The molecule has 0 aliphatic rings. The molecule has 1 N–H and O–H groups in total. The van der Waals surface area contributed by atoms with E-state index in [0.29, 0.717) is 5.02 Å². The molecule has 3 heteroatoms. The van der Waals surface area contributed by atoms with Crippen LogP contribution in [0.2, 0.25) is 5.02 Å². The smallest absolute Gasteiger partial charge is 0.139 e. The Morgan fingerprint density at radius 3 is 2.69 bits per heavy atom. The molecule has 90 valence electrons. The van der Waals surface area contributed by atoms with Crippen LogP contribution in [0, 0.1) is 6.92 Å². The van der Waals surface area contributed by atoms with Crippen LogP contribution in [-0.2, 0) is 0 Å². The van der Waals surface area contributed by atoms with Crippen molar-refractivity contribution in [2.75, 3.05) is 13.1 Å². The van der Waals surface area contributed by atoms with Gasteiger partial charge in [0.2, 0.25) is 0 Å². The van der Waals surface area contributed by atoms with E-state index in [2.05, 4.69) is 12.2 Å². The van der Waals surface area contributed by atoms with Crippen LogP contribution >= 0.6 is 11.6 Å². The summed E-state index contributed by atoms with van der Waals surface area (Å²) >= 11 is 6.09. The second-order valence-electron chi connectivity index (χ2n) is 4.58. The maximum absolute atomic E-state index is 6.09. The minimum absolute atomic E-state index is 0.257. The third-order valence-corrected chi connectivity index (χ3v) is 2.59. The molecule has 0 atom stereocenters. The fraction of sp³-hybridized carbons (Fsp3) is 0.538. The summed E-state index contributed by atoms with van der Waals surface area (Å²) in [5, 5.41) is 3.94. The van der Waals surface area contributed by atoms with Crippen molar-refractivity contribution in [2.45, 2.75) is 33.3 Å². The van der Waals surface area contributed by atoms with Crippen molar-refractivity contribution in [3.05, 3.63) is 28.8 Å². The highest BCUT2D eigenvalue weighted by molar-refractivity contribution is 6.32. The van der Waals surface area contributed by atoms with Gasteiger partial charge in [-0.25, -0.2) is 0 Å². The monoisotopic (exact) mass is 241 g/mol. The molecular formula is C13H20ClNO. The van der Waals surface area contributed by atoms with Gasteiger partial charge in [0, 0.05) is 6.54 Å². The van der Waals surface area contributed by atoms with Gasteiger partial charge in [-0.1, -0.05) is 24.6 Å². The van der Waals surface area contributed by atoms with Crippen LogP contribution in [-0.4, -0.2) is 18.7 Å². The van der Waals surface area contributed by atoms with Gasteiger partial charge in [0.25, 0.3) is 0 Å². The van der Waals surface area contributed by atoms with Crippen molar-refractivity contribution >= 4 is 11.6 Å². The number of likely N-dealkylation sites (N-methyl/N-ethyl adjacent to an activating group) is 1. The zero-order valence-corrected chi connectivity index (χ0v) is 11.2. The molecule has 0 radical (unpaired) electrons. The molecule has 0 bridgehead atoms. The highest BCUT2D eigenvalue weighted by Gasteiger charge is 2.20. The first-order valence-corrected chi connectivity index (χ1v) is 5.98. The highest BCUT2D eigenvalue weighted by Crippen LogP contribution is 2.28. The lowest BCUT2D eigenvalue weighted by atomic mass is 10.1. The Labute approximate surface area is 103 Å². The summed E-state index contributed by atoms with van der Waals surface area (Å²) in [4.78, 5) is 0. The summed E-state index contributed by atoms with van der Waals surface area (Å²) in [6.07, 6.45) is 0. The lowest BCUT2D eigenvalue weighted by molar-refractivity contribution is 0.109. The molecular weight excluding hydrogens is 222 g/mol. The van der Waals surface area contributed by atoms with Crippen molar-refractivity contribution in [3.63, 3.8) is 0 Å². The molecule has 1 rings (SSSR count). The van der Waals surface area contributed by atoms with Gasteiger partial charge >= 0.3 is 0 Å². The molecule has 0 aromatic heterocycles. The summed E-state index contributed by atoms with van der Waals surface area (Å²) in [6, 6.07) is 5.82. The molecule has 0 aliphatic heterocycles. The van der Waals surface area contributed by atoms with Crippen molar-refractivity contribution in [1.82, 2.24) is 5.32 Å². The van der Waals surface area contributed by atoms with Crippen molar-refractivity contribution in [1.29, 1.82) is 0 Å².